The van der Waals surface area contributed by atoms with Gasteiger partial charge >= 0.3 is 0 Å². The Balaban J connectivity index is 1.80. The van der Waals surface area contributed by atoms with Gasteiger partial charge in [-0.3, -0.25) is 5.43 Å². The summed E-state index contributed by atoms with van der Waals surface area (Å²) in [5.74, 6) is -0.784. The molecule has 0 aromatic heterocycles. The van der Waals surface area contributed by atoms with Crippen molar-refractivity contribution in [3.63, 3.8) is 0 Å². The summed E-state index contributed by atoms with van der Waals surface area (Å²) in [6, 6.07) is 10.4. The van der Waals surface area contributed by atoms with Gasteiger partial charge in [-0.15, -0.1) is 12.6 Å². The molecule has 2 aromatic carbocycles. The molecule has 2 atom stereocenters. The number of hydrogen-bond donors (Lipinski definition) is 2. The van der Waals surface area contributed by atoms with Gasteiger partial charge in [0.2, 0.25) is 4.99 Å². The molecule has 4 rings (SSSR count). The van der Waals surface area contributed by atoms with Crippen molar-refractivity contribution in [3.05, 3.63) is 64.7 Å². The lowest BCUT2D eigenvalue weighted by Gasteiger charge is -2.34. The van der Waals surface area contributed by atoms with Crippen LogP contribution < -0.4 is 10.4 Å². The van der Waals surface area contributed by atoms with Gasteiger partial charge in [-0.2, -0.15) is 0 Å². The highest BCUT2D eigenvalue weighted by Crippen LogP contribution is 2.43. The number of ether oxygens (including phenoxy) is 1. The summed E-state index contributed by atoms with van der Waals surface area (Å²) >= 11 is 11.0. The molecule has 2 heterocycles. The quantitative estimate of drug-likeness (QED) is 0.624. The number of nitrogens with one attached hydrogen (secondary N) is 1. The number of halogens is 3. The van der Waals surface area contributed by atoms with Crippen LogP contribution in [0.15, 0.2) is 47.5 Å². The summed E-state index contributed by atoms with van der Waals surface area (Å²) in [4.78, 5) is 3.35. The summed E-state index contributed by atoms with van der Waals surface area (Å²) in [6.45, 7) is 0.664. The fourth-order valence-electron chi connectivity index (χ4n) is 2.77. The molecule has 0 aliphatic carbocycles. The molecule has 130 valence electrons. The van der Waals surface area contributed by atoms with E-state index in [1.807, 2.05) is 0 Å². The minimum absolute atomic E-state index is 0.0908. The van der Waals surface area contributed by atoms with E-state index in [2.05, 4.69) is 10.4 Å². The zero-order valence-electron chi connectivity index (χ0n) is 12.9. The van der Waals surface area contributed by atoms with Gasteiger partial charge in [0.1, 0.15) is 11.7 Å². The topological polar surface area (TPSA) is 40.2 Å². The molecule has 25 heavy (non-hydrogen) atoms. The third-order valence-electron chi connectivity index (χ3n) is 4.05. The van der Waals surface area contributed by atoms with Gasteiger partial charge in [0.25, 0.3) is 0 Å². The highest BCUT2D eigenvalue weighted by molar-refractivity contribution is 7.81. The molecule has 1 N–H and O–H groups in total. The Hall–Kier alpha value is -1.83. The summed E-state index contributed by atoms with van der Waals surface area (Å²) in [6.07, 6.45) is 0.639. The number of hydrazine groups is 1. The molecule has 2 aromatic rings. The number of benzene rings is 2. The van der Waals surface area contributed by atoms with Crippen LogP contribution in [-0.2, 0) is 9.73 Å². The van der Waals surface area contributed by atoms with Crippen molar-refractivity contribution in [2.45, 2.75) is 17.5 Å². The van der Waals surface area contributed by atoms with Crippen molar-refractivity contribution in [1.29, 1.82) is 0 Å². The summed E-state index contributed by atoms with van der Waals surface area (Å²) in [5.41, 5.74) is 3.76. The first-order chi connectivity index (χ1) is 12.0. The van der Waals surface area contributed by atoms with Crippen molar-refractivity contribution in [2.24, 2.45) is 4.99 Å². The second-order valence-corrected chi connectivity index (χ2v) is 6.91. The van der Waals surface area contributed by atoms with Crippen LogP contribution in [0.1, 0.15) is 12.0 Å². The Morgan fingerprint density at radius 1 is 1.32 bits per heavy atom. The third-order valence-corrected chi connectivity index (χ3v) is 4.92. The average molecular weight is 382 g/mol. The molecule has 0 radical (unpaired) electrons. The minimum Gasteiger partial charge on any atom is -0.373 e. The molecule has 8 heteroatoms. The lowest BCUT2D eigenvalue weighted by molar-refractivity contribution is 0.413. The number of epoxide rings is 1. The van der Waals surface area contributed by atoms with E-state index >= 15 is 0 Å². The number of hydrogen-bond acceptors (Lipinski definition) is 5. The number of nitrogens with zero attached hydrogens (tertiary/aromatic N) is 2. The Morgan fingerprint density at radius 2 is 2.08 bits per heavy atom. The van der Waals surface area contributed by atoms with E-state index in [9.17, 15) is 8.78 Å². The molecule has 4 nitrogen and oxygen atoms in total. The predicted octanol–water partition coefficient (Wildman–Crippen LogP) is 3.87. The molecule has 2 aliphatic heterocycles. The largest absolute Gasteiger partial charge is 0.373 e. The predicted molar refractivity (Wildman–Crippen MR) is 95.9 cm³/mol. The van der Waals surface area contributed by atoms with E-state index in [1.165, 1.54) is 17.1 Å². The number of amidine groups is 1. The van der Waals surface area contributed by atoms with Crippen molar-refractivity contribution >= 4 is 35.8 Å². The standard InChI is InChI=1S/C17H14ClF2N3OS/c18-13-4-2-1-3-12(13)17(25)21-16(8-11-9-24-11)22-23(17)15-6-5-10(19)7-14(15)20/h1-7,11,25H,8-9H2,(H,21,22). The summed E-state index contributed by atoms with van der Waals surface area (Å²) in [5, 5.41) is 1.89. The Morgan fingerprint density at radius 3 is 2.76 bits per heavy atom. The molecule has 1 fully saturated rings. The molecule has 2 unspecified atom stereocenters. The van der Waals surface area contributed by atoms with E-state index in [0.717, 1.165) is 6.07 Å². The van der Waals surface area contributed by atoms with E-state index in [-0.39, 0.29) is 11.8 Å². The van der Waals surface area contributed by atoms with Crippen LogP contribution in [0.3, 0.4) is 0 Å². The Labute approximate surface area is 153 Å². The van der Waals surface area contributed by atoms with Crippen molar-refractivity contribution in [2.75, 3.05) is 11.6 Å². The molecule has 0 spiro atoms. The second kappa shape index (κ2) is 6.16. The van der Waals surface area contributed by atoms with E-state index in [4.69, 9.17) is 29.0 Å². The van der Waals surface area contributed by atoms with E-state index in [0.29, 0.717) is 29.4 Å². The van der Waals surface area contributed by atoms with Crippen molar-refractivity contribution < 1.29 is 13.5 Å². The van der Waals surface area contributed by atoms with E-state index < -0.39 is 16.6 Å². The van der Waals surface area contributed by atoms with Crippen LogP contribution in [0.4, 0.5) is 14.5 Å². The minimum atomic E-state index is -1.28. The Kier molecular flexibility index (Phi) is 4.10. The average Bonchev–Trinajstić information content (AvgIpc) is 3.31. The molecule has 0 bridgehead atoms. The molecular weight excluding hydrogens is 368 g/mol. The number of thiol groups is 1. The van der Waals surface area contributed by atoms with Gasteiger partial charge in [-0.05, 0) is 18.2 Å². The first-order valence-electron chi connectivity index (χ1n) is 7.67. The van der Waals surface area contributed by atoms with Crippen molar-refractivity contribution in [3.8, 4) is 0 Å². The summed E-state index contributed by atoms with van der Waals surface area (Å²) < 4.78 is 32.9. The maximum absolute atomic E-state index is 14.4. The van der Waals surface area contributed by atoms with Gasteiger partial charge in [0.05, 0.1) is 18.4 Å². The molecule has 1 saturated heterocycles. The van der Waals surface area contributed by atoms with Crippen LogP contribution in [0.2, 0.25) is 5.02 Å². The second-order valence-electron chi connectivity index (χ2n) is 5.88. The van der Waals surface area contributed by atoms with Gasteiger partial charge in [0, 0.05) is 23.1 Å². The Bertz CT molecular complexity index is 862. The van der Waals surface area contributed by atoms with Crippen LogP contribution in [0.5, 0.6) is 0 Å². The zero-order chi connectivity index (χ0) is 17.6. The van der Waals surface area contributed by atoms with Gasteiger partial charge in [-0.1, -0.05) is 29.8 Å². The van der Waals surface area contributed by atoms with Crippen molar-refractivity contribution in [1.82, 2.24) is 5.43 Å². The monoisotopic (exact) mass is 381 g/mol. The number of rotatable bonds is 4. The fraction of sp³-hybridized carbons (Fsp3) is 0.235. The maximum atomic E-state index is 14.4. The highest BCUT2D eigenvalue weighted by atomic mass is 35.5. The number of aliphatic imine (C=N–C) groups is 1. The maximum Gasteiger partial charge on any atom is 0.224 e. The lowest BCUT2D eigenvalue weighted by Crippen LogP contribution is -2.46. The van der Waals surface area contributed by atoms with Crippen LogP contribution in [0.25, 0.3) is 0 Å². The molecule has 2 aliphatic rings. The first-order valence-corrected chi connectivity index (χ1v) is 8.49. The number of anilines is 1. The van der Waals surface area contributed by atoms with Crippen LogP contribution in [0, 0.1) is 11.6 Å². The zero-order valence-corrected chi connectivity index (χ0v) is 14.6. The SMILES string of the molecule is Fc1ccc(N2NC(CC3CO3)=NC2(S)c2ccccc2Cl)c(F)c1. The normalized spacial score (nSPS) is 24.9. The first kappa shape index (κ1) is 16.6. The molecule has 0 saturated carbocycles. The third kappa shape index (κ3) is 3.07. The highest BCUT2D eigenvalue weighted by Gasteiger charge is 2.44. The molecular formula is C17H14ClF2N3OS. The lowest BCUT2D eigenvalue weighted by atomic mass is 10.1. The van der Waals surface area contributed by atoms with Crippen LogP contribution >= 0.6 is 24.2 Å². The van der Waals surface area contributed by atoms with E-state index in [1.54, 1.807) is 24.3 Å². The van der Waals surface area contributed by atoms with Gasteiger partial charge < -0.3 is 4.74 Å². The van der Waals surface area contributed by atoms with Gasteiger partial charge in [-0.25, -0.2) is 18.8 Å². The smallest absolute Gasteiger partial charge is 0.224 e. The molecule has 0 amide bonds. The van der Waals surface area contributed by atoms with Gasteiger partial charge in [0.15, 0.2) is 5.82 Å². The van der Waals surface area contributed by atoms with Crippen LogP contribution in [-0.4, -0.2) is 18.5 Å². The fourth-order valence-corrected chi connectivity index (χ4v) is 3.57. The summed E-state index contributed by atoms with van der Waals surface area (Å²) in [7, 11) is 0.